The number of nitrogen functional groups attached to an aromatic ring is 1. The average Bonchev–Trinajstić information content (AvgIpc) is 2.49. The number of nitrogens with zero attached hydrogens (tertiary/aromatic N) is 1. The SMILES string of the molecule is CC(=O)OCC[C@@H](C)Nc1ccc(N2CCCOC2=O)cc1N. The second-order valence-corrected chi connectivity index (χ2v) is 5.57. The molecule has 1 atom stereocenters. The fraction of sp³-hybridized carbons (Fsp3) is 0.500. The van der Waals surface area contributed by atoms with Gasteiger partial charge >= 0.3 is 12.1 Å². The summed E-state index contributed by atoms with van der Waals surface area (Å²) in [6.45, 7) is 4.83. The van der Waals surface area contributed by atoms with Crippen LogP contribution in [0.15, 0.2) is 18.2 Å². The summed E-state index contributed by atoms with van der Waals surface area (Å²) in [6, 6.07) is 5.54. The van der Waals surface area contributed by atoms with Gasteiger partial charge in [-0.15, -0.1) is 0 Å². The fourth-order valence-electron chi connectivity index (χ4n) is 2.35. The molecule has 1 aliphatic rings. The van der Waals surface area contributed by atoms with Gasteiger partial charge in [0.1, 0.15) is 0 Å². The Hall–Kier alpha value is -2.44. The van der Waals surface area contributed by atoms with Crippen LogP contribution in [0.5, 0.6) is 0 Å². The van der Waals surface area contributed by atoms with Gasteiger partial charge in [-0.25, -0.2) is 4.79 Å². The number of benzene rings is 1. The van der Waals surface area contributed by atoms with E-state index in [1.54, 1.807) is 11.0 Å². The van der Waals surface area contributed by atoms with Crippen LogP contribution in [0.1, 0.15) is 26.7 Å². The highest BCUT2D eigenvalue weighted by molar-refractivity contribution is 5.90. The van der Waals surface area contributed by atoms with Gasteiger partial charge in [0.05, 0.1) is 24.6 Å². The molecule has 0 spiro atoms. The zero-order valence-corrected chi connectivity index (χ0v) is 13.5. The molecule has 1 fully saturated rings. The van der Waals surface area contributed by atoms with Crippen molar-refractivity contribution in [1.82, 2.24) is 0 Å². The van der Waals surface area contributed by atoms with E-state index in [0.29, 0.717) is 31.9 Å². The van der Waals surface area contributed by atoms with Crippen LogP contribution < -0.4 is 16.0 Å². The van der Waals surface area contributed by atoms with Crippen LogP contribution in [0.3, 0.4) is 0 Å². The maximum atomic E-state index is 11.7. The average molecular weight is 321 g/mol. The van der Waals surface area contributed by atoms with Crippen molar-refractivity contribution in [2.45, 2.75) is 32.7 Å². The first-order valence-corrected chi connectivity index (χ1v) is 7.71. The molecule has 1 amide bonds. The summed E-state index contributed by atoms with van der Waals surface area (Å²) in [5, 5.41) is 3.27. The number of hydrogen-bond donors (Lipinski definition) is 2. The number of esters is 1. The van der Waals surface area contributed by atoms with Gasteiger partial charge in [-0.3, -0.25) is 9.69 Å². The Bertz CT molecular complexity index is 576. The molecule has 0 aliphatic carbocycles. The Morgan fingerprint density at radius 1 is 1.52 bits per heavy atom. The Morgan fingerprint density at radius 3 is 2.96 bits per heavy atom. The number of nitrogens with two attached hydrogens (primary N) is 1. The van der Waals surface area contributed by atoms with Gasteiger partial charge in [-0.1, -0.05) is 0 Å². The van der Waals surface area contributed by atoms with Crippen LogP contribution in [0.4, 0.5) is 21.9 Å². The summed E-state index contributed by atoms with van der Waals surface area (Å²) in [7, 11) is 0. The van der Waals surface area contributed by atoms with Crippen LogP contribution in [0.2, 0.25) is 0 Å². The molecule has 0 radical (unpaired) electrons. The Balaban J connectivity index is 1.96. The van der Waals surface area contributed by atoms with Gasteiger partial charge in [-0.05, 0) is 31.5 Å². The third-order valence-electron chi connectivity index (χ3n) is 3.58. The predicted molar refractivity (Wildman–Crippen MR) is 88.5 cm³/mol. The van der Waals surface area contributed by atoms with Gasteiger partial charge in [0.2, 0.25) is 0 Å². The molecule has 0 aromatic heterocycles. The van der Waals surface area contributed by atoms with Crippen molar-refractivity contribution in [3.63, 3.8) is 0 Å². The molecule has 0 bridgehead atoms. The number of rotatable bonds is 6. The van der Waals surface area contributed by atoms with Crippen LogP contribution in [-0.4, -0.2) is 37.9 Å². The van der Waals surface area contributed by atoms with Crippen molar-refractivity contribution in [1.29, 1.82) is 0 Å². The zero-order valence-electron chi connectivity index (χ0n) is 13.5. The lowest BCUT2D eigenvalue weighted by atomic mass is 10.2. The first-order valence-electron chi connectivity index (χ1n) is 7.71. The molecule has 1 aromatic rings. The molecular formula is C16H23N3O4. The van der Waals surface area contributed by atoms with E-state index < -0.39 is 0 Å². The molecule has 1 heterocycles. The zero-order chi connectivity index (χ0) is 16.8. The highest BCUT2D eigenvalue weighted by atomic mass is 16.6. The van der Waals surface area contributed by atoms with Crippen molar-refractivity contribution < 1.29 is 19.1 Å². The van der Waals surface area contributed by atoms with Crippen LogP contribution >= 0.6 is 0 Å². The fourth-order valence-corrected chi connectivity index (χ4v) is 2.35. The summed E-state index contributed by atoms with van der Waals surface area (Å²) in [5.41, 5.74) is 8.14. The monoisotopic (exact) mass is 321 g/mol. The van der Waals surface area contributed by atoms with E-state index in [2.05, 4.69) is 5.32 Å². The van der Waals surface area contributed by atoms with Gasteiger partial charge in [-0.2, -0.15) is 0 Å². The Morgan fingerprint density at radius 2 is 2.30 bits per heavy atom. The minimum atomic E-state index is -0.342. The lowest BCUT2D eigenvalue weighted by molar-refractivity contribution is -0.141. The minimum absolute atomic E-state index is 0.0995. The van der Waals surface area contributed by atoms with E-state index in [4.69, 9.17) is 15.2 Å². The summed E-state index contributed by atoms with van der Waals surface area (Å²) < 4.78 is 9.95. The van der Waals surface area contributed by atoms with Gasteiger partial charge < -0.3 is 20.5 Å². The number of carbonyl (C=O) groups is 2. The predicted octanol–water partition coefficient (Wildman–Crippen LogP) is 2.37. The quantitative estimate of drug-likeness (QED) is 0.617. The van der Waals surface area contributed by atoms with Gasteiger partial charge in [0.25, 0.3) is 0 Å². The molecule has 1 saturated heterocycles. The summed E-state index contributed by atoms with van der Waals surface area (Å²) >= 11 is 0. The highest BCUT2D eigenvalue weighted by Gasteiger charge is 2.21. The molecule has 1 aromatic carbocycles. The molecule has 3 N–H and O–H groups in total. The molecule has 7 nitrogen and oxygen atoms in total. The van der Waals surface area contributed by atoms with E-state index in [9.17, 15) is 9.59 Å². The number of nitrogens with one attached hydrogen (secondary N) is 1. The molecule has 1 aliphatic heterocycles. The number of hydrogen-bond acceptors (Lipinski definition) is 6. The molecule has 23 heavy (non-hydrogen) atoms. The van der Waals surface area contributed by atoms with E-state index in [1.165, 1.54) is 6.92 Å². The van der Waals surface area contributed by atoms with Crippen molar-refractivity contribution in [3.8, 4) is 0 Å². The maximum absolute atomic E-state index is 11.7. The smallest absolute Gasteiger partial charge is 0.414 e. The number of anilines is 3. The van der Waals surface area contributed by atoms with Gasteiger partial charge in [0.15, 0.2) is 0 Å². The largest absolute Gasteiger partial charge is 0.466 e. The van der Waals surface area contributed by atoms with Crippen LogP contribution in [-0.2, 0) is 14.3 Å². The second-order valence-electron chi connectivity index (χ2n) is 5.57. The third kappa shape index (κ3) is 4.77. The number of ether oxygens (including phenoxy) is 2. The lowest BCUT2D eigenvalue weighted by Gasteiger charge is -2.27. The lowest BCUT2D eigenvalue weighted by Crippen LogP contribution is -2.37. The topological polar surface area (TPSA) is 93.9 Å². The maximum Gasteiger partial charge on any atom is 0.414 e. The molecule has 126 valence electrons. The van der Waals surface area contributed by atoms with Crippen LogP contribution in [0.25, 0.3) is 0 Å². The summed E-state index contributed by atoms with van der Waals surface area (Å²) in [4.78, 5) is 24.1. The minimum Gasteiger partial charge on any atom is -0.466 e. The Kier molecular flexibility index (Phi) is 5.67. The van der Waals surface area contributed by atoms with E-state index in [1.807, 2.05) is 19.1 Å². The molecule has 2 rings (SSSR count). The van der Waals surface area contributed by atoms with E-state index >= 15 is 0 Å². The number of amides is 1. The van der Waals surface area contributed by atoms with Crippen molar-refractivity contribution in [3.05, 3.63) is 18.2 Å². The molecule has 0 unspecified atom stereocenters. The molecule has 7 heteroatoms. The highest BCUT2D eigenvalue weighted by Crippen LogP contribution is 2.27. The van der Waals surface area contributed by atoms with Crippen molar-refractivity contribution in [2.75, 3.05) is 35.7 Å². The first-order chi connectivity index (χ1) is 11.0. The number of carbonyl (C=O) groups excluding carboxylic acids is 2. The van der Waals surface area contributed by atoms with Crippen molar-refractivity contribution >= 4 is 29.1 Å². The Labute approximate surface area is 135 Å². The summed E-state index contributed by atoms with van der Waals surface area (Å²) in [6.07, 6.45) is 1.14. The molecular weight excluding hydrogens is 298 g/mol. The van der Waals surface area contributed by atoms with E-state index in [-0.39, 0.29) is 18.1 Å². The standard InChI is InChI=1S/C16H23N3O4/c1-11(6-9-22-12(2)20)18-15-5-4-13(10-14(15)17)19-7-3-8-23-16(19)21/h4-5,10-11,18H,3,6-9,17H2,1-2H3/t11-/m1/s1. The summed E-state index contributed by atoms with van der Waals surface area (Å²) in [5.74, 6) is -0.283. The van der Waals surface area contributed by atoms with Gasteiger partial charge in [0, 0.05) is 31.6 Å². The normalized spacial score (nSPS) is 15.7. The van der Waals surface area contributed by atoms with Crippen molar-refractivity contribution in [2.24, 2.45) is 0 Å². The first kappa shape index (κ1) is 16.9. The van der Waals surface area contributed by atoms with E-state index in [0.717, 1.165) is 17.8 Å². The second kappa shape index (κ2) is 7.71. The molecule has 0 saturated carbocycles. The number of cyclic esters (lactones) is 1. The van der Waals surface area contributed by atoms with Crippen LogP contribution in [0, 0.1) is 0 Å². The third-order valence-corrected chi connectivity index (χ3v) is 3.58.